The molecule has 228 valence electrons. The quantitative estimate of drug-likeness (QED) is 0.0959. The summed E-state index contributed by atoms with van der Waals surface area (Å²) in [5.74, 6) is 3.91. The van der Waals surface area contributed by atoms with Crippen LogP contribution in [0.1, 0.15) is 37.5 Å². The minimum atomic E-state index is -0.753. The number of H-pyrrole nitrogens is 1. The van der Waals surface area contributed by atoms with E-state index >= 15 is 0 Å². The summed E-state index contributed by atoms with van der Waals surface area (Å²) in [5.41, 5.74) is 7.35. The highest BCUT2D eigenvalue weighted by Gasteiger charge is 2.25. The number of amides is 1. The van der Waals surface area contributed by atoms with Crippen molar-refractivity contribution in [2.45, 2.75) is 13.5 Å². The van der Waals surface area contributed by atoms with Gasteiger partial charge in [-0.25, -0.2) is 15.4 Å². The van der Waals surface area contributed by atoms with Gasteiger partial charge in [-0.1, -0.05) is 60.7 Å². The van der Waals surface area contributed by atoms with E-state index < -0.39 is 17.5 Å². The van der Waals surface area contributed by atoms with Gasteiger partial charge in [0.25, 0.3) is 11.7 Å². The number of nitrogens with two attached hydrogens (primary N) is 2. The van der Waals surface area contributed by atoms with Crippen LogP contribution in [-0.2, 0) is 11.3 Å². The van der Waals surface area contributed by atoms with Crippen LogP contribution in [0.4, 0.5) is 4.39 Å². The number of hydrazine groups is 1. The molecule has 4 rings (SSSR count). The Morgan fingerprint density at radius 2 is 1.58 bits per heavy atom. The molecule has 0 saturated carbocycles. The molecule has 1 aliphatic heterocycles. The van der Waals surface area contributed by atoms with Crippen molar-refractivity contribution >= 4 is 24.2 Å². The van der Waals surface area contributed by atoms with Gasteiger partial charge in [0.05, 0.1) is 12.8 Å². The number of benzene rings is 2. The number of hydrazone groups is 1. The molecule has 1 aliphatic rings. The van der Waals surface area contributed by atoms with Crippen molar-refractivity contribution in [3.05, 3.63) is 119 Å². The lowest BCUT2D eigenvalue weighted by Gasteiger charge is -2.31. The average molecular weight is 590 g/mol. The van der Waals surface area contributed by atoms with Crippen molar-refractivity contribution in [1.29, 1.82) is 0 Å². The van der Waals surface area contributed by atoms with Gasteiger partial charge in [0.15, 0.2) is 0 Å². The van der Waals surface area contributed by atoms with Crippen LogP contribution in [0.25, 0.3) is 0 Å². The molecule has 0 atom stereocenters. The van der Waals surface area contributed by atoms with Gasteiger partial charge in [-0.15, -0.1) is 0 Å². The number of likely N-dealkylation sites (N-methyl/N-ethyl adjacent to an activating group) is 1. The Kier molecular flexibility index (Phi) is 15.0. The highest BCUT2D eigenvalue weighted by Crippen LogP contribution is 2.09. The van der Waals surface area contributed by atoms with Gasteiger partial charge in [0.2, 0.25) is 0 Å². The molecule has 1 fully saturated rings. The summed E-state index contributed by atoms with van der Waals surface area (Å²) in [4.78, 5) is 42.0. The number of aromatic nitrogens is 1. The van der Waals surface area contributed by atoms with Crippen LogP contribution >= 0.6 is 0 Å². The van der Waals surface area contributed by atoms with E-state index in [9.17, 15) is 18.8 Å². The number of hydrogen-bond donors (Lipinski definition) is 3. The van der Waals surface area contributed by atoms with Crippen molar-refractivity contribution in [2.75, 3.05) is 40.3 Å². The first-order valence-corrected chi connectivity index (χ1v) is 13.7. The molecule has 1 saturated heterocycles. The van der Waals surface area contributed by atoms with E-state index in [1.165, 1.54) is 41.6 Å². The van der Waals surface area contributed by atoms with Gasteiger partial charge < -0.3 is 20.5 Å². The molecule has 2 heterocycles. The molecule has 3 aromatic rings. The summed E-state index contributed by atoms with van der Waals surface area (Å²) < 4.78 is 14.5. The Hall–Kier alpha value is -4.71. The molecule has 2 aromatic carbocycles. The summed E-state index contributed by atoms with van der Waals surface area (Å²) in [6.07, 6.45) is 3.68. The maximum Gasteiger partial charge on any atom is 0.295 e. The van der Waals surface area contributed by atoms with Crippen molar-refractivity contribution in [3.63, 3.8) is 0 Å². The number of aromatic amines is 1. The number of nitrogens with zero attached hydrogens (tertiary/aromatic N) is 4. The molecule has 43 heavy (non-hydrogen) atoms. The number of ketones is 1. The highest BCUT2D eigenvalue weighted by molar-refractivity contribution is 6.42. The second-order valence-corrected chi connectivity index (χ2v) is 9.47. The lowest BCUT2D eigenvalue weighted by atomic mass is 10.1. The summed E-state index contributed by atoms with van der Waals surface area (Å²) in [7, 11) is 3.46. The van der Waals surface area contributed by atoms with E-state index in [0.29, 0.717) is 44.0 Å². The number of aldehydes is 1. The number of halogens is 1. The normalized spacial score (nSPS) is 12.7. The van der Waals surface area contributed by atoms with Crippen LogP contribution in [-0.4, -0.2) is 84.4 Å². The molecule has 10 nitrogen and oxygen atoms in total. The first kappa shape index (κ1) is 34.5. The van der Waals surface area contributed by atoms with Crippen LogP contribution in [0, 0.1) is 12.7 Å². The van der Waals surface area contributed by atoms with Gasteiger partial charge in [0, 0.05) is 54.8 Å². The Morgan fingerprint density at radius 1 is 0.977 bits per heavy atom. The van der Waals surface area contributed by atoms with Gasteiger partial charge in [-0.05, 0) is 44.8 Å². The molecule has 11 heteroatoms. The minimum Gasteiger partial charge on any atom is -0.364 e. The molecule has 5 N–H and O–H groups in total. The number of nitrogens with one attached hydrogen (secondary N) is 1. The molecule has 0 bridgehead atoms. The van der Waals surface area contributed by atoms with Crippen LogP contribution in [0.3, 0.4) is 0 Å². The summed E-state index contributed by atoms with van der Waals surface area (Å²) in [5, 5.41) is 5.49. The zero-order valence-electron chi connectivity index (χ0n) is 24.8. The third-order valence-electron chi connectivity index (χ3n) is 6.31. The van der Waals surface area contributed by atoms with Crippen molar-refractivity contribution in [2.24, 2.45) is 16.7 Å². The molecular weight excluding hydrogens is 549 g/mol. The van der Waals surface area contributed by atoms with Gasteiger partial charge in [-0.3, -0.25) is 14.4 Å². The van der Waals surface area contributed by atoms with Crippen molar-refractivity contribution in [1.82, 2.24) is 19.9 Å². The van der Waals surface area contributed by atoms with Gasteiger partial charge >= 0.3 is 0 Å². The second-order valence-electron chi connectivity index (χ2n) is 9.47. The smallest absolute Gasteiger partial charge is 0.295 e. The van der Waals surface area contributed by atoms with Crippen molar-refractivity contribution in [3.8, 4) is 0 Å². The fraction of sp³-hybridized carbons (Fsp3) is 0.250. The second kappa shape index (κ2) is 18.7. The number of carbonyl (C=O) groups is 3. The zero-order chi connectivity index (χ0) is 31.6. The highest BCUT2D eigenvalue weighted by atomic mass is 19.1. The molecular formula is C32H40FN7O3. The monoisotopic (exact) mass is 589 g/mol. The lowest BCUT2D eigenvalue weighted by Crippen LogP contribution is -2.49. The predicted octanol–water partition coefficient (Wildman–Crippen LogP) is 3.33. The SMILES string of the molecule is CN.Cc1[nH]cc(C(=O)C(=O)N2CCN(C)CC2)cc(F)ccc1/C=N/N(N)Cc1ccccc1.O=Cc1ccccc1. The average Bonchev–Trinajstić information content (AvgIpc) is 3.11. The molecule has 0 unspecified atom stereocenters. The van der Waals surface area contributed by atoms with E-state index in [1.54, 1.807) is 19.1 Å². The fourth-order valence-corrected chi connectivity index (χ4v) is 3.83. The van der Waals surface area contributed by atoms with Gasteiger partial charge in [-0.2, -0.15) is 5.10 Å². The Balaban J connectivity index is 0.000000550. The standard InChI is InChI=1S/C24H29FN6O2.C7H6O.CH5N/c1-18-20(16-28-31(26)17-19-6-4-3-5-7-19)8-9-22(25)14-21(15-27-18)23(32)24(33)30-12-10-29(2)11-13-30;8-6-7-4-2-1-3-5-7;1-2/h3-9,14-16,27H,10-13,17,26H2,1-2H3;1-6H;2H2,1H3/b9-8?,20-18?,21-15?,22-14?,28-16+;;. The van der Waals surface area contributed by atoms with Crippen LogP contribution in [0.5, 0.6) is 0 Å². The summed E-state index contributed by atoms with van der Waals surface area (Å²) in [6.45, 7) is 4.47. The number of hydrogen-bond acceptors (Lipinski definition) is 8. The minimum absolute atomic E-state index is 0.0526. The number of aryl methyl sites for hydroxylation is 1. The maximum absolute atomic E-state index is 14.5. The maximum atomic E-state index is 14.5. The molecule has 0 spiro atoms. The summed E-state index contributed by atoms with van der Waals surface area (Å²) in [6, 6.07) is 22.5. The number of Topliss-reactive ketones (excluding diaryl/α,β-unsaturated/α-hetero) is 1. The van der Waals surface area contributed by atoms with E-state index in [2.05, 4.69) is 20.7 Å². The van der Waals surface area contributed by atoms with E-state index in [-0.39, 0.29) is 5.56 Å². The van der Waals surface area contributed by atoms with Crippen LogP contribution in [0.15, 0.2) is 90.2 Å². The predicted molar refractivity (Wildman–Crippen MR) is 167 cm³/mol. The topological polar surface area (TPSA) is 141 Å². The van der Waals surface area contributed by atoms with E-state index in [4.69, 9.17) is 5.84 Å². The molecule has 0 aliphatic carbocycles. The van der Waals surface area contributed by atoms with E-state index in [0.717, 1.165) is 23.5 Å². The Labute approximate surface area is 252 Å². The fourth-order valence-electron chi connectivity index (χ4n) is 3.83. The lowest BCUT2D eigenvalue weighted by molar-refractivity contribution is -0.127. The Bertz CT molecular complexity index is 1390. The first-order chi connectivity index (χ1) is 20.8. The van der Waals surface area contributed by atoms with Crippen LogP contribution < -0.4 is 11.6 Å². The van der Waals surface area contributed by atoms with Gasteiger partial charge in [0.1, 0.15) is 12.1 Å². The Morgan fingerprint density at radius 3 is 2.16 bits per heavy atom. The van der Waals surface area contributed by atoms with Crippen molar-refractivity contribution < 1.29 is 18.8 Å². The largest absolute Gasteiger partial charge is 0.364 e. The zero-order valence-corrected chi connectivity index (χ0v) is 24.8. The summed E-state index contributed by atoms with van der Waals surface area (Å²) >= 11 is 0. The first-order valence-electron chi connectivity index (χ1n) is 13.7. The van der Waals surface area contributed by atoms with Crippen LogP contribution in [0.2, 0.25) is 0 Å². The van der Waals surface area contributed by atoms with E-state index in [1.807, 2.05) is 55.6 Å². The molecule has 1 amide bonds. The number of carbonyl (C=O) groups excluding carboxylic acids is 3. The molecule has 0 radical (unpaired) electrons. The third-order valence-corrected chi connectivity index (χ3v) is 6.31. The molecule has 1 aromatic heterocycles. The number of piperazine rings is 1. The third kappa shape index (κ3) is 12.0. The number of rotatable bonds is 7.